The van der Waals surface area contributed by atoms with Crippen molar-refractivity contribution < 1.29 is 0 Å². The van der Waals surface area contributed by atoms with Crippen molar-refractivity contribution >= 4 is 5.82 Å². The quantitative estimate of drug-likeness (QED) is 0.784. The Morgan fingerprint density at radius 1 is 1.12 bits per heavy atom. The summed E-state index contributed by atoms with van der Waals surface area (Å²) < 4.78 is 0. The van der Waals surface area contributed by atoms with E-state index in [2.05, 4.69) is 25.1 Å². The first kappa shape index (κ1) is 15.4. The number of aryl methyl sites for hydroxylation is 1. The Hall–Kier alpha value is -2.83. The summed E-state index contributed by atoms with van der Waals surface area (Å²) in [5, 5.41) is 7.12. The molecule has 7 nitrogen and oxygen atoms in total. The van der Waals surface area contributed by atoms with Gasteiger partial charge < -0.3 is 4.90 Å². The molecule has 3 aromatic heterocycles. The van der Waals surface area contributed by atoms with Crippen molar-refractivity contribution in [3.8, 4) is 11.4 Å². The van der Waals surface area contributed by atoms with Crippen LogP contribution in [0.4, 0.5) is 5.82 Å². The van der Waals surface area contributed by atoms with Crippen molar-refractivity contribution in [1.29, 1.82) is 0 Å². The van der Waals surface area contributed by atoms with Crippen molar-refractivity contribution in [2.24, 2.45) is 0 Å². The number of hydrogen-bond acceptors (Lipinski definition) is 6. The number of anilines is 1. The van der Waals surface area contributed by atoms with E-state index in [1.165, 1.54) is 24.1 Å². The normalized spacial score (nSPS) is 19.5. The monoisotopic (exact) mass is 347 g/mol. The molecule has 0 saturated carbocycles. The third kappa shape index (κ3) is 2.64. The lowest BCUT2D eigenvalue weighted by Crippen LogP contribution is -2.35. The second-order valence-electron chi connectivity index (χ2n) is 6.97. The van der Waals surface area contributed by atoms with Crippen molar-refractivity contribution in [3.63, 3.8) is 0 Å². The first-order chi connectivity index (χ1) is 12.9. The zero-order valence-corrected chi connectivity index (χ0v) is 14.6. The summed E-state index contributed by atoms with van der Waals surface area (Å²) >= 11 is 0. The Morgan fingerprint density at radius 3 is 2.96 bits per heavy atom. The summed E-state index contributed by atoms with van der Waals surface area (Å²) in [5.74, 6) is 2.78. The molecule has 0 unspecified atom stereocenters. The maximum Gasteiger partial charge on any atom is 0.163 e. The van der Waals surface area contributed by atoms with E-state index < -0.39 is 0 Å². The summed E-state index contributed by atoms with van der Waals surface area (Å²) in [7, 11) is 0. The van der Waals surface area contributed by atoms with Gasteiger partial charge in [-0.25, -0.2) is 15.0 Å². The fraction of sp³-hybridized carbons (Fsp3) is 0.421. The number of piperidine rings is 1. The van der Waals surface area contributed by atoms with E-state index in [9.17, 15) is 0 Å². The molecule has 1 fully saturated rings. The molecular weight excluding hydrogens is 326 g/mol. The van der Waals surface area contributed by atoms with Gasteiger partial charge in [-0.1, -0.05) is 0 Å². The standard InChI is InChI=1S/C19H21N7/c1-2-10-26(16(8-1)18-21-12-22-25-18)19-14-6-3-7-15(14)23-17(24-19)13-5-4-9-20-11-13/h4-5,9,11-12,16H,1-3,6-8,10H2,(H,21,22,25)/t16-/m0/s1. The lowest BCUT2D eigenvalue weighted by atomic mass is 10.0. The van der Waals surface area contributed by atoms with Gasteiger partial charge in [-0.2, -0.15) is 5.10 Å². The highest BCUT2D eigenvalue weighted by Gasteiger charge is 2.31. The Bertz CT molecular complexity index is 892. The molecular formula is C19H21N7. The molecule has 1 N–H and O–H groups in total. The van der Waals surface area contributed by atoms with Crippen LogP contribution in [-0.2, 0) is 12.8 Å². The van der Waals surface area contributed by atoms with Gasteiger partial charge in [0.15, 0.2) is 5.82 Å². The maximum absolute atomic E-state index is 5.01. The van der Waals surface area contributed by atoms with Crippen LogP contribution in [-0.4, -0.2) is 36.7 Å². The number of rotatable bonds is 3. The molecule has 0 amide bonds. The summed E-state index contributed by atoms with van der Waals surface area (Å²) in [6.45, 7) is 0.987. The first-order valence-corrected chi connectivity index (χ1v) is 9.32. The summed E-state index contributed by atoms with van der Waals surface area (Å²) in [6, 6.07) is 4.16. The molecule has 2 aliphatic rings. The van der Waals surface area contributed by atoms with E-state index in [4.69, 9.17) is 9.97 Å². The van der Waals surface area contributed by atoms with Crippen LogP contribution in [0.1, 0.15) is 48.8 Å². The molecule has 1 atom stereocenters. The fourth-order valence-corrected chi connectivity index (χ4v) is 4.12. The van der Waals surface area contributed by atoms with Crippen LogP contribution in [0.3, 0.4) is 0 Å². The van der Waals surface area contributed by atoms with Crippen molar-refractivity contribution in [1.82, 2.24) is 30.1 Å². The van der Waals surface area contributed by atoms with Crippen LogP contribution < -0.4 is 4.90 Å². The minimum Gasteiger partial charge on any atom is -0.346 e. The largest absolute Gasteiger partial charge is 0.346 e. The van der Waals surface area contributed by atoms with Crippen molar-refractivity contribution in [3.05, 3.63) is 47.9 Å². The van der Waals surface area contributed by atoms with E-state index in [-0.39, 0.29) is 6.04 Å². The molecule has 7 heteroatoms. The highest BCUT2D eigenvalue weighted by atomic mass is 15.3. The second-order valence-corrected chi connectivity index (χ2v) is 6.97. The second kappa shape index (κ2) is 6.48. The van der Waals surface area contributed by atoms with E-state index >= 15 is 0 Å². The van der Waals surface area contributed by atoms with Gasteiger partial charge in [0.1, 0.15) is 18.0 Å². The highest BCUT2D eigenvalue weighted by molar-refractivity contribution is 5.61. The molecule has 1 aliphatic heterocycles. The van der Waals surface area contributed by atoms with Gasteiger partial charge in [-0.3, -0.25) is 10.1 Å². The molecule has 1 aliphatic carbocycles. The SMILES string of the molecule is c1cncc(-c2nc3c(c(N4CCCC[C@H]4c4ncn[nH]4)n2)CCC3)c1. The highest BCUT2D eigenvalue weighted by Crippen LogP contribution is 2.38. The number of aromatic nitrogens is 6. The lowest BCUT2D eigenvalue weighted by molar-refractivity contribution is 0.453. The zero-order valence-electron chi connectivity index (χ0n) is 14.6. The fourth-order valence-electron chi connectivity index (χ4n) is 4.12. The van der Waals surface area contributed by atoms with Crippen molar-refractivity contribution in [2.75, 3.05) is 11.4 Å². The number of aromatic amines is 1. The Kier molecular flexibility index (Phi) is 3.84. The molecule has 5 rings (SSSR count). The zero-order chi connectivity index (χ0) is 17.3. The van der Waals surface area contributed by atoms with E-state index in [0.717, 1.165) is 55.3 Å². The number of nitrogens with zero attached hydrogens (tertiary/aromatic N) is 6. The first-order valence-electron chi connectivity index (χ1n) is 9.32. The third-order valence-corrected chi connectivity index (χ3v) is 5.36. The minimum absolute atomic E-state index is 0.201. The van der Waals surface area contributed by atoms with E-state index in [0.29, 0.717) is 0 Å². The molecule has 0 spiro atoms. The average Bonchev–Trinajstić information content (AvgIpc) is 3.40. The van der Waals surface area contributed by atoms with Crippen LogP contribution in [0.25, 0.3) is 11.4 Å². The molecule has 26 heavy (non-hydrogen) atoms. The molecule has 1 saturated heterocycles. The number of pyridine rings is 1. The lowest BCUT2D eigenvalue weighted by Gasteiger charge is -2.36. The maximum atomic E-state index is 5.01. The summed E-state index contributed by atoms with van der Waals surface area (Å²) in [6.07, 6.45) is 11.9. The molecule has 132 valence electrons. The van der Waals surface area contributed by atoms with Gasteiger partial charge >= 0.3 is 0 Å². The molecule has 4 heterocycles. The summed E-state index contributed by atoms with van der Waals surface area (Å²) in [4.78, 5) is 20.9. The smallest absolute Gasteiger partial charge is 0.163 e. The molecule has 0 aromatic carbocycles. The Morgan fingerprint density at radius 2 is 2.12 bits per heavy atom. The van der Waals surface area contributed by atoms with Gasteiger partial charge in [-0.05, 0) is 50.7 Å². The van der Waals surface area contributed by atoms with Crippen LogP contribution in [0.15, 0.2) is 30.9 Å². The van der Waals surface area contributed by atoms with Gasteiger partial charge in [0.05, 0.1) is 6.04 Å². The topological polar surface area (TPSA) is 83.5 Å². The predicted octanol–water partition coefficient (Wildman–Crippen LogP) is 2.88. The molecule has 0 bridgehead atoms. The molecule has 0 radical (unpaired) electrons. The number of nitrogens with one attached hydrogen (secondary N) is 1. The molecule has 3 aromatic rings. The van der Waals surface area contributed by atoms with Gasteiger partial charge in [0, 0.05) is 35.8 Å². The number of H-pyrrole nitrogens is 1. The van der Waals surface area contributed by atoms with Crippen LogP contribution in [0.2, 0.25) is 0 Å². The van der Waals surface area contributed by atoms with E-state index in [1.54, 1.807) is 12.5 Å². The van der Waals surface area contributed by atoms with Crippen LogP contribution >= 0.6 is 0 Å². The van der Waals surface area contributed by atoms with Gasteiger partial charge in [0.2, 0.25) is 0 Å². The minimum atomic E-state index is 0.201. The van der Waals surface area contributed by atoms with Crippen LogP contribution in [0, 0.1) is 0 Å². The summed E-state index contributed by atoms with van der Waals surface area (Å²) in [5.41, 5.74) is 3.47. The Balaban J connectivity index is 1.62. The number of fused-ring (bicyclic) bond motifs is 1. The van der Waals surface area contributed by atoms with Crippen LogP contribution in [0.5, 0.6) is 0 Å². The average molecular weight is 347 g/mol. The third-order valence-electron chi connectivity index (χ3n) is 5.36. The van der Waals surface area contributed by atoms with Gasteiger partial charge in [0.25, 0.3) is 0 Å². The van der Waals surface area contributed by atoms with Crippen molar-refractivity contribution in [2.45, 2.75) is 44.6 Å². The number of hydrogen-bond donors (Lipinski definition) is 1. The predicted molar refractivity (Wildman–Crippen MR) is 97.6 cm³/mol. The van der Waals surface area contributed by atoms with E-state index in [1.807, 2.05) is 18.3 Å². The Labute approximate surface area is 151 Å². The van der Waals surface area contributed by atoms with Gasteiger partial charge in [-0.15, -0.1) is 0 Å².